The summed E-state index contributed by atoms with van der Waals surface area (Å²) in [5.41, 5.74) is 2.45. The minimum absolute atomic E-state index is 0.0714. The summed E-state index contributed by atoms with van der Waals surface area (Å²) in [4.78, 5) is 43.0. The Bertz CT molecular complexity index is 1510. The fourth-order valence-corrected chi connectivity index (χ4v) is 5.40. The van der Waals surface area contributed by atoms with E-state index < -0.39 is 5.69 Å². The summed E-state index contributed by atoms with van der Waals surface area (Å²) in [5, 5.41) is 0.811. The third kappa shape index (κ3) is 3.47. The molecular formula is C27H30N4O3. The van der Waals surface area contributed by atoms with Crippen molar-refractivity contribution < 1.29 is 4.79 Å². The summed E-state index contributed by atoms with van der Waals surface area (Å²) in [6.07, 6.45) is 3.98. The first-order valence-electron chi connectivity index (χ1n) is 12.0. The number of rotatable bonds is 4. The van der Waals surface area contributed by atoms with Gasteiger partial charge in [0.05, 0.1) is 16.7 Å². The average molecular weight is 459 g/mol. The van der Waals surface area contributed by atoms with Crippen molar-refractivity contribution in [2.75, 3.05) is 6.54 Å². The predicted molar refractivity (Wildman–Crippen MR) is 135 cm³/mol. The molecule has 4 aromatic rings. The van der Waals surface area contributed by atoms with Crippen molar-refractivity contribution in [2.24, 2.45) is 7.05 Å². The maximum atomic E-state index is 13.9. The number of aromatic nitrogens is 3. The molecule has 1 fully saturated rings. The minimum atomic E-state index is -0.490. The van der Waals surface area contributed by atoms with Gasteiger partial charge in [-0.2, -0.15) is 0 Å². The van der Waals surface area contributed by atoms with E-state index in [-0.39, 0.29) is 24.1 Å². The Morgan fingerprint density at radius 1 is 1.03 bits per heavy atom. The highest BCUT2D eigenvalue weighted by atomic mass is 16.2. The van der Waals surface area contributed by atoms with Crippen LogP contribution in [0.1, 0.15) is 38.2 Å². The number of aryl methyl sites for hydroxylation is 2. The largest absolute Gasteiger partial charge is 0.338 e. The molecule has 5 rings (SSSR count). The molecule has 0 N–H and O–H groups in total. The summed E-state index contributed by atoms with van der Waals surface area (Å²) in [5.74, 6) is -0.0714. The first-order chi connectivity index (χ1) is 16.4. The lowest BCUT2D eigenvalue weighted by molar-refractivity contribution is -0.135. The van der Waals surface area contributed by atoms with Crippen molar-refractivity contribution in [1.82, 2.24) is 18.6 Å². The molecule has 0 radical (unpaired) electrons. The highest BCUT2D eigenvalue weighted by Gasteiger charge is 2.28. The van der Waals surface area contributed by atoms with Crippen molar-refractivity contribution in [1.29, 1.82) is 0 Å². The molecule has 0 aliphatic carbocycles. The molecule has 1 saturated heterocycles. The molecule has 0 spiro atoms. The standard InChI is InChI=1S/C27H30N4O3/c1-4-19-10-8-9-15-29(19)23(32)17-30-24-21-16-18(2)13-14-22(21)28(3)25(24)26(33)31(27(30)34)20-11-6-5-7-12-20/h5-7,11-14,16,19H,4,8-10,15,17H2,1-3H3/t19-/m0/s1. The number of fused-ring (bicyclic) bond motifs is 3. The van der Waals surface area contributed by atoms with Crippen LogP contribution in [0.15, 0.2) is 58.1 Å². The van der Waals surface area contributed by atoms with Crippen molar-refractivity contribution in [2.45, 2.75) is 52.1 Å². The fourth-order valence-electron chi connectivity index (χ4n) is 5.40. The van der Waals surface area contributed by atoms with Crippen LogP contribution in [-0.2, 0) is 18.4 Å². The Morgan fingerprint density at radius 3 is 2.53 bits per heavy atom. The van der Waals surface area contributed by atoms with Crippen LogP contribution in [0.5, 0.6) is 0 Å². The molecular weight excluding hydrogens is 428 g/mol. The van der Waals surface area contributed by atoms with Gasteiger partial charge >= 0.3 is 5.69 Å². The second-order valence-electron chi connectivity index (χ2n) is 9.27. The first-order valence-corrected chi connectivity index (χ1v) is 12.0. The van der Waals surface area contributed by atoms with Crippen molar-refractivity contribution in [3.8, 4) is 5.69 Å². The number of nitrogens with zero attached hydrogens (tertiary/aromatic N) is 4. The second-order valence-corrected chi connectivity index (χ2v) is 9.27. The van der Waals surface area contributed by atoms with Crippen LogP contribution in [-0.4, -0.2) is 37.1 Å². The predicted octanol–water partition coefficient (Wildman–Crippen LogP) is 3.74. The topological polar surface area (TPSA) is 69.2 Å². The lowest BCUT2D eigenvalue weighted by Crippen LogP contribution is -2.47. The van der Waals surface area contributed by atoms with Crippen LogP contribution < -0.4 is 11.2 Å². The van der Waals surface area contributed by atoms with Gasteiger partial charge in [0, 0.05) is 25.0 Å². The van der Waals surface area contributed by atoms with E-state index in [1.54, 1.807) is 24.3 Å². The maximum absolute atomic E-state index is 13.9. The normalized spacial score (nSPS) is 16.4. The van der Waals surface area contributed by atoms with E-state index in [0.717, 1.165) is 42.1 Å². The molecule has 0 unspecified atom stereocenters. The van der Waals surface area contributed by atoms with Gasteiger partial charge in [-0.15, -0.1) is 0 Å². The quantitative estimate of drug-likeness (QED) is 0.468. The van der Waals surface area contributed by atoms with E-state index in [0.29, 0.717) is 23.3 Å². The number of amides is 1. The molecule has 34 heavy (non-hydrogen) atoms. The Kier molecular flexibility index (Phi) is 5.63. The van der Waals surface area contributed by atoms with Gasteiger partial charge in [-0.25, -0.2) is 9.36 Å². The van der Waals surface area contributed by atoms with Crippen LogP contribution in [0.2, 0.25) is 0 Å². The van der Waals surface area contributed by atoms with Crippen molar-refractivity contribution in [3.05, 3.63) is 74.9 Å². The summed E-state index contributed by atoms with van der Waals surface area (Å²) in [6, 6.07) is 15.1. The van der Waals surface area contributed by atoms with E-state index in [4.69, 9.17) is 0 Å². The van der Waals surface area contributed by atoms with Crippen LogP contribution in [0, 0.1) is 6.92 Å². The Morgan fingerprint density at radius 2 is 1.79 bits per heavy atom. The average Bonchev–Trinajstić information content (AvgIpc) is 3.14. The maximum Gasteiger partial charge on any atom is 0.336 e. The van der Waals surface area contributed by atoms with Gasteiger partial charge in [-0.05, 0) is 56.9 Å². The van der Waals surface area contributed by atoms with Crippen LogP contribution in [0.25, 0.3) is 27.6 Å². The summed E-state index contributed by atoms with van der Waals surface area (Å²) >= 11 is 0. The monoisotopic (exact) mass is 458 g/mol. The lowest BCUT2D eigenvalue weighted by Gasteiger charge is -2.35. The van der Waals surface area contributed by atoms with E-state index in [1.165, 1.54) is 9.13 Å². The number of hydrogen-bond donors (Lipinski definition) is 0. The molecule has 0 saturated carbocycles. The number of piperidine rings is 1. The van der Waals surface area contributed by atoms with Gasteiger partial charge in [-0.3, -0.25) is 14.2 Å². The SMILES string of the molecule is CC[C@H]1CCCCN1C(=O)Cn1c(=O)n(-c2ccccc2)c(=O)c2c1c1cc(C)ccc1n2C. The van der Waals surface area contributed by atoms with Gasteiger partial charge in [-0.1, -0.05) is 36.8 Å². The van der Waals surface area contributed by atoms with Gasteiger partial charge < -0.3 is 9.47 Å². The van der Waals surface area contributed by atoms with Crippen molar-refractivity contribution in [3.63, 3.8) is 0 Å². The molecule has 1 aliphatic rings. The molecule has 1 atom stereocenters. The highest BCUT2D eigenvalue weighted by Crippen LogP contribution is 2.27. The third-order valence-corrected chi connectivity index (χ3v) is 7.15. The van der Waals surface area contributed by atoms with E-state index in [2.05, 4.69) is 6.92 Å². The summed E-state index contributed by atoms with van der Waals surface area (Å²) in [7, 11) is 1.84. The lowest BCUT2D eigenvalue weighted by atomic mass is 10.00. The molecule has 176 valence electrons. The Hall–Kier alpha value is -3.61. The number of para-hydroxylation sites is 1. The molecule has 2 aromatic carbocycles. The molecule has 7 nitrogen and oxygen atoms in total. The van der Waals surface area contributed by atoms with E-state index in [1.807, 2.05) is 47.7 Å². The van der Waals surface area contributed by atoms with Gasteiger partial charge in [0.15, 0.2) is 0 Å². The second kappa shape index (κ2) is 8.63. The van der Waals surface area contributed by atoms with Crippen LogP contribution in [0.4, 0.5) is 0 Å². The van der Waals surface area contributed by atoms with Gasteiger partial charge in [0.2, 0.25) is 5.91 Å². The fraction of sp³-hybridized carbons (Fsp3) is 0.370. The zero-order valence-electron chi connectivity index (χ0n) is 20.0. The smallest absolute Gasteiger partial charge is 0.336 e. The summed E-state index contributed by atoms with van der Waals surface area (Å²) in [6.45, 7) is 4.70. The molecule has 7 heteroatoms. The molecule has 2 aromatic heterocycles. The Balaban J connectivity index is 1.80. The first kappa shape index (κ1) is 22.2. The highest BCUT2D eigenvalue weighted by molar-refractivity contribution is 6.06. The molecule has 3 heterocycles. The van der Waals surface area contributed by atoms with Crippen molar-refractivity contribution >= 4 is 27.8 Å². The zero-order valence-corrected chi connectivity index (χ0v) is 20.0. The van der Waals surface area contributed by atoms with E-state index >= 15 is 0 Å². The molecule has 1 amide bonds. The van der Waals surface area contributed by atoms with Gasteiger partial charge in [0.1, 0.15) is 12.1 Å². The zero-order chi connectivity index (χ0) is 24.0. The number of benzene rings is 2. The van der Waals surface area contributed by atoms with Crippen LogP contribution in [0.3, 0.4) is 0 Å². The summed E-state index contributed by atoms with van der Waals surface area (Å²) < 4.78 is 4.53. The third-order valence-electron chi connectivity index (χ3n) is 7.15. The minimum Gasteiger partial charge on any atom is -0.338 e. The molecule has 0 bridgehead atoms. The van der Waals surface area contributed by atoms with Crippen LogP contribution >= 0.6 is 0 Å². The number of carbonyl (C=O) groups excluding carboxylic acids is 1. The number of hydrogen-bond acceptors (Lipinski definition) is 3. The number of likely N-dealkylation sites (tertiary alicyclic amines) is 1. The Labute approximate surface area is 197 Å². The number of carbonyl (C=O) groups is 1. The van der Waals surface area contributed by atoms with Gasteiger partial charge in [0.25, 0.3) is 5.56 Å². The van der Waals surface area contributed by atoms with E-state index in [9.17, 15) is 14.4 Å². The molecule has 1 aliphatic heterocycles.